The predicted octanol–water partition coefficient (Wildman–Crippen LogP) is 0.703. The summed E-state index contributed by atoms with van der Waals surface area (Å²) in [4.78, 5) is 8.49. The van der Waals surface area contributed by atoms with Crippen molar-refractivity contribution in [3.8, 4) is 0 Å². The lowest BCUT2D eigenvalue weighted by Crippen LogP contribution is -2.17. The van der Waals surface area contributed by atoms with Crippen LogP contribution in [0.4, 0.5) is 4.48 Å². The Morgan fingerprint density at radius 1 is 1.75 bits per heavy atom. The van der Waals surface area contributed by atoms with Crippen molar-refractivity contribution in [1.82, 2.24) is 5.54 Å². The number of halogens is 1. The Bertz CT molecular complexity index is 168. The zero-order valence-corrected chi connectivity index (χ0v) is 7.33. The van der Waals surface area contributed by atoms with Crippen LogP contribution in [0.15, 0.2) is 0 Å². The van der Waals surface area contributed by atoms with Crippen molar-refractivity contribution in [2.75, 3.05) is 13.2 Å². The summed E-state index contributed by atoms with van der Waals surface area (Å²) >= 11 is 0. The summed E-state index contributed by atoms with van der Waals surface area (Å²) < 4.78 is 29.2. The topological polar surface area (TPSA) is 88.0 Å². The third kappa shape index (κ3) is 5.59. The van der Waals surface area contributed by atoms with Crippen LogP contribution in [0.3, 0.4) is 0 Å². The molecule has 0 saturated carbocycles. The minimum atomic E-state index is -4.35. The van der Waals surface area contributed by atoms with E-state index in [0.717, 1.165) is 0 Å². The molecule has 0 aliphatic rings. The van der Waals surface area contributed by atoms with Crippen LogP contribution in [-0.4, -0.2) is 23.3 Å². The summed E-state index contributed by atoms with van der Waals surface area (Å²) in [5, 5.41) is 7.81. The highest BCUT2D eigenvalue weighted by molar-refractivity contribution is 7.47. The summed E-state index contributed by atoms with van der Waals surface area (Å²) in [7, 11) is -4.35. The zero-order chi connectivity index (χ0) is 9.61. The molecule has 0 aromatic carbocycles. The molecule has 0 aromatic rings. The van der Waals surface area contributed by atoms with Gasteiger partial charge < -0.3 is 4.89 Å². The second kappa shape index (κ2) is 5.58. The lowest BCUT2D eigenvalue weighted by Gasteiger charge is -2.11. The maximum Gasteiger partial charge on any atom is 0.499 e. The van der Waals surface area contributed by atoms with Crippen LogP contribution in [0.25, 0.3) is 0 Å². The fourth-order valence-electron chi connectivity index (χ4n) is 0.436. The van der Waals surface area contributed by atoms with Crippen molar-refractivity contribution in [2.45, 2.75) is 6.92 Å². The number of hydrogen-bond donors (Lipinski definition) is 3. The minimum Gasteiger partial charge on any atom is -0.301 e. The summed E-state index contributed by atoms with van der Waals surface area (Å²) in [5.41, 5.74) is 1.37. The molecular weight excluding hydrogens is 192 g/mol. The quantitative estimate of drug-likeness (QED) is 0.255. The van der Waals surface area contributed by atoms with Crippen LogP contribution in [0.2, 0.25) is 0 Å². The number of nitrogens with one attached hydrogen (secondary N) is 1. The van der Waals surface area contributed by atoms with Gasteiger partial charge in [-0.1, -0.05) is 6.92 Å². The van der Waals surface area contributed by atoms with Crippen molar-refractivity contribution >= 4 is 7.82 Å². The molecule has 0 aromatic heterocycles. The molecule has 0 amide bonds. The molecule has 2 unspecified atom stereocenters. The average molecular weight is 203 g/mol. The second-order valence-corrected chi connectivity index (χ2v) is 3.65. The maximum absolute atomic E-state index is 11.4. The van der Waals surface area contributed by atoms with E-state index in [1.807, 2.05) is 0 Å². The molecule has 0 aliphatic heterocycles. The van der Waals surface area contributed by atoms with Gasteiger partial charge in [-0.3, -0.25) is 4.52 Å². The fraction of sp³-hybridized carbons (Fsp3) is 1.00. The van der Waals surface area contributed by atoms with Gasteiger partial charge in [0.1, 0.15) is 0 Å². The van der Waals surface area contributed by atoms with E-state index in [0.29, 0.717) is 0 Å². The molecule has 0 bridgehead atoms. The van der Waals surface area contributed by atoms with Crippen molar-refractivity contribution in [3.63, 3.8) is 0 Å². The first kappa shape index (κ1) is 12.0. The van der Waals surface area contributed by atoms with E-state index >= 15 is 0 Å². The largest absolute Gasteiger partial charge is 0.499 e. The van der Waals surface area contributed by atoms with Crippen LogP contribution in [-0.2, 0) is 13.8 Å². The van der Waals surface area contributed by atoms with Gasteiger partial charge >= 0.3 is 7.82 Å². The van der Waals surface area contributed by atoms with Gasteiger partial charge in [-0.15, -0.1) is 9.16 Å². The Labute approximate surface area is 68.8 Å². The minimum absolute atomic E-state index is 0.00850. The molecule has 74 valence electrons. The fourth-order valence-corrected chi connectivity index (χ4v) is 0.926. The molecule has 3 N–H and O–H groups in total. The smallest absolute Gasteiger partial charge is 0.301 e. The van der Waals surface area contributed by atoms with Gasteiger partial charge in [0, 0.05) is 6.54 Å². The van der Waals surface area contributed by atoms with Crippen LogP contribution in [0.1, 0.15) is 6.92 Å². The zero-order valence-electron chi connectivity index (χ0n) is 6.44. The molecular formula is C4H11FNO5P. The first-order chi connectivity index (χ1) is 5.52. The highest BCUT2D eigenvalue weighted by Crippen LogP contribution is 2.41. The Hall–Kier alpha value is -0.0400. The van der Waals surface area contributed by atoms with E-state index in [9.17, 15) is 9.05 Å². The number of hydrogen-bond acceptors (Lipinski definition) is 5. The lowest BCUT2D eigenvalue weighted by molar-refractivity contribution is -0.163. The normalized spacial score (nSPS) is 18.7. The van der Waals surface area contributed by atoms with Crippen LogP contribution in [0, 0.1) is 5.92 Å². The van der Waals surface area contributed by atoms with Crippen molar-refractivity contribution in [3.05, 3.63) is 0 Å². The van der Waals surface area contributed by atoms with Gasteiger partial charge in [0.15, 0.2) is 0 Å². The molecule has 0 spiro atoms. The van der Waals surface area contributed by atoms with E-state index in [4.69, 9.17) is 10.2 Å². The van der Waals surface area contributed by atoms with Crippen LogP contribution >= 0.6 is 7.82 Å². The highest BCUT2D eigenvalue weighted by atomic mass is 31.2. The highest BCUT2D eigenvalue weighted by Gasteiger charge is 2.21. The maximum atomic E-state index is 11.4. The molecule has 0 rings (SSSR count). The van der Waals surface area contributed by atoms with Gasteiger partial charge in [0.05, 0.1) is 6.61 Å². The van der Waals surface area contributed by atoms with Crippen LogP contribution < -0.4 is 5.54 Å². The van der Waals surface area contributed by atoms with Gasteiger partial charge in [0.25, 0.3) is 0 Å². The van der Waals surface area contributed by atoms with Gasteiger partial charge in [-0.25, -0.2) is 9.82 Å². The van der Waals surface area contributed by atoms with E-state index in [1.54, 1.807) is 6.92 Å². The Kier molecular flexibility index (Phi) is 5.56. The molecule has 0 fully saturated rings. The van der Waals surface area contributed by atoms with Crippen molar-refractivity contribution in [1.29, 1.82) is 0 Å². The SMILES string of the molecule is CC(CNF)COP(=O)(O)OO. The standard InChI is InChI=1S/C4H11FNO5P/c1-4(2-6-5)3-10-12(8,9)11-7/h4,6-7H,2-3H2,1H3,(H,8,9). The molecule has 0 aliphatic carbocycles. The Morgan fingerprint density at radius 2 is 2.33 bits per heavy atom. The average Bonchev–Trinajstić information content (AvgIpc) is 2.02. The summed E-state index contributed by atoms with van der Waals surface area (Å²) in [6.07, 6.45) is 0. The van der Waals surface area contributed by atoms with Gasteiger partial charge in [-0.05, 0) is 5.92 Å². The molecule has 0 heterocycles. The number of phosphoric ester groups is 1. The first-order valence-electron chi connectivity index (χ1n) is 3.16. The predicted molar refractivity (Wildman–Crippen MR) is 37.8 cm³/mol. The molecule has 0 saturated heterocycles. The monoisotopic (exact) mass is 203 g/mol. The van der Waals surface area contributed by atoms with E-state index < -0.39 is 7.82 Å². The Morgan fingerprint density at radius 3 is 2.75 bits per heavy atom. The lowest BCUT2D eigenvalue weighted by atomic mass is 10.2. The van der Waals surface area contributed by atoms with Crippen molar-refractivity contribution in [2.24, 2.45) is 5.92 Å². The van der Waals surface area contributed by atoms with Crippen LogP contribution in [0.5, 0.6) is 0 Å². The third-order valence-corrected chi connectivity index (χ3v) is 1.73. The Balaban J connectivity index is 3.60. The van der Waals surface area contributed by atoms with Gasteiger partial charge in [0.2, 0.25) is 0 Å². The molecule has 6 nitrogen and oxygen atoms in total. The first-order valence-corrected chi connectivity index (χ1v) is 4.65. The third-order valence-electron chi connectivity index (χ3n) is 1.05. The summed E-state index contributed by atoms with van der Waals surface area (Å²) in [6.45, 7) is 1.39. The molecule has 2 atom stereocenters. The summed E-state index contributed by atoms with van der Waals surface area (Å²) in [6, 6.07) is 0. The molecule has 12 heavy (non-hydrogen) atoms. The van der Waals surface area contributed by atoms with E-state index in [1.165, 1.54) is 5.54 Å². The summed E-state index contributed by atoms with van der Waals surface area (Å²) in [5.74, 6) is -0.300. The number of rotatable bonds is 6. The second-order valence-electron chi connectivity index (χ2n) is 2.29. The van der Waals surface area contributed by atoms with Gasteiger partial charge in [-0.2, -0.15) is 5.54 Å². The van der Waals surface area contributed by atoms with E-state index in [2.05, 4.69) is 9.20 Å². The number of phosphoric acid groups is 1. The van der Waals surface area contributed by atoms with Crippen molar-refractivity contribution < 1.29 is 28.4 Å². The van der Waals surface area contributed by atoms with E-state index in [-0.39, 0.29) is 19.1 Å². The molecule has 0 radical (unpaired) electrons. The molecule has 8 heteroatoms.